The topological polar surface area (TPSA) is 73.2 Å². The fourth-order valence-electron chi connectivity index (χ4n) is 4.00. The maximum absolute atomic E-state index is 10.2. The molecule has 0 heterocycles. The molecule has 0 aliphatic heterocycles. The summed E-state index contributed by atoms with van der Waals surface area (Å²) in [6.07, 6.45) is 0. The average molecular weight is 456 g/mol. The lowest BCUT2D eigenvalue weighted by Gasteiger charge is -2.30. The molecule has 0 radical (unpaired) electrons. The van der Waals surface area contributed by atoms with Gasteiger partial charge in [-0.05, 0) is 105 Å². The lowest BCUT2D eigenvalue weighted by molar-refractivity contribution is 0.448. The molecule has 0 aromatic heterocycles. The lowest BCUT2D eigenvalue weighted by Crippen LogP contribution is -2.13. The minimum atomic E-state index is 0.181. The van der Waals surface area contributed by atoms with Crippen LogP contribution in [0.4, 0.5) is 17.1 Å². The van der Waals surface area contributed by atoms with Crippen molar-refractivity contribution in [3.8, 4) is 28.7 Å². The molecule has 0 aliphatic carbocycles. The quantitative estimate of drug-likeness (QED) is 0.289. The lowest BCUT2D eigenvalue weighted by atomic mass is 10.0. The number of benzene rings is 4. The van der Waals surface area contributed by atoms with Crippen LogP contribution in [0.3, 0.4) is 0 Å². The smallest absolute Gasteiger partial charge is 0.134 e. The monoisotopic (exact) mass is 455 g/mol. The molecule has 0 spiro atoms. The van der Waals surface area contributed by atoms with Crippen LogP contribution in [0.1, 0.15) is 27.8 Å². The van der Waals surface area contributed by atoms with Crippen molar-refractivity contribution < 1.29 is 20.1 Å². The van der Waals surface area contributed by atoms with Crippen LogP contribution in [0.2, 0.25) is 0 Å². The Labute approximate surface area is 200 Å². The van der Waals surface area contributed by atoms with Gasteiger partial charge in [-0.2, -0.15) is 0 Å². The number of ether oxygens (including phenoxy) is 1. The molecule has 0 fully saturated rings. The third-order valence-corrected chi connectivity index (χ3v) is 6.50. The Morgan fingerprint density at radius 3 is 1.68 bits per heavy atom. The fraction of sp³-hybridized carbons (Fsp3) is 0.172. The van der Waals surface area contributed by atoms with Crippen molar-refractivity contribution in [2.75, 3.05) is 4.90 Å². The Morgan fingerprint density at radius 1 is 0.559 bits per heavy atom. The Morgan fingerprint density at radius 2 is 1.09 bits per heavy atom. The molecule has 3 N–H and O–H groups in total. The summed E-state index contributed by atoms with van der Waals surface area (Å²) >= 11 is 0. The molecular formula is C29H29NO4. The first-order valence-electron chi connectivity index (χ1n) is 11.1. The van der Waals surface area contributed by atoms with Gasteiger partial charge in [-0.15, -0.1) is 0 Å². The molecule has 0 bridgehead atoms. The van der Waals surface area contributed by atoms with Crippen LogP contribution in [-0.4, -0.2) is 15.3 Å². The molecule has 4 rings (SSSR count). The third-order valence-electron chi connectivity index (χ3n) is 6.50. The molecule has 4 aromatic rings. The summed E-state index contributed by atoms with van der Waals surface area (Å²) in [7, 11) is 0. The van der Waals surface area contributed by atoms with Crippen LogP contribution < -0.4 is 9.64 Å². The maximum atomic E-state index is 10.2. The van der Waals surface area contributed by atoms with Gasteiger partial charge in [0, 0.05) is 28.7 Å². The number of aromatic hydroxyl groups is 3. The van der Waals surface area contributed by atoms with E-state index in [1.54, 1.807) is 24.3 Å². The summed E-state index contributed by atoms with van der Waals surface area (Å²) in [6.45, 7) is 9.57. The standard InChI is InChI=1S/C29H29NO4/c1-17-19(3)27(32)14-12-24(17)30(25-13-15-28(33)20(4)18(25)2)22-8-6-9-23(16-22)34-29-11-7-10-26(31)21(29)5/h6-16,31-33H,1-5H3. The molecule has 5 heteroatoms. The van der Waals surface area contributed by atoms with E-state index in [9.17, 15) is 15.3 Å². The van der Waals surface area contributed by atoms with E-state index in [-0.39, 0.29) is 17.2 Å². The van der Waals surface area contributed by atoms with Crippen LogP contribution in [0.25, 0.3) is 0 Å². The van der Waals surface area contributed by atoms with E-state index in [0.29, 0.717) is 17.1 Å². The highest BCUT2D eigenvalue weighted by Crippen LogP contribution is 2.43. The summed E-state index contributed by atoms with van der Waals surface area (Å²) in [5.41, 5.74) is 6.84. The average Bonchev–Trinajstić information content (AvgIpc) is 2.82. The number of anilines is 3. The second kappa shape index (κ2) is 9.02. The van der Waals surface area contributed by atoms with Crippen LogP contribution in [0, 0.1) is 34.6 Å². The molecule has 0 atom stereocenters. The SMILES string of the molecule is Cc1c(O)cccc1Oc1cccc(N(c2ccc(O)c(C)c2C)c2ccc(O)c(C)c2C)c1. The first-order chi connectivity index (χ1) is 16.2. The first-order valence-corrected chi connectivity index (χ1v) is 11.1. The molecule has 5 nitrogen and oxygen atoms in total. The number of hydrogen-bond acceptors (Lipinski definition) is 5. The summed E-state index contributed by atoms with van der Waals surface area (Å²) in [5, 5.41) is 30.5. The van der Waals surface area contributed by atoms with Gasteiger partial charge in [0.25, 0.3) is 0 Å². The maximum Gasteiger partial charge on any atom is 0.134 e. The van der Waals surface area contributed by atoms with Gasteiger partial charge in [-0.1, -0.05) is 12.1 Å². The molecule has 34 heavy (non-hydrogen) atoms. The summed E-state index contributed by atoms with van der Waals surface area (Å²) in [6, 6.07) is 20.1. The largest absolute Gasteiger partial charge is 0.508 e. The van der Waals surface area contributed by atoms with E-state index in [2.05, 4.69) is 4.90 Å². The number of nitrogens with zero attached hydrogens (tertiary/aromatic N) is 1. The van der Waals surface area contributed by atoms with Crippen molar-refractivity contribution in [1.29, 1.82) is 0 Å². The van der Waals surface area contributed by atoms with Gasteiger partial charge < -0.3 is 25.0 Å². The molecule has 0 saturated carbocycles. The molecule has 174 valence electrons. The number of phenols is 3. The first kappa shape index (κ1) is 23.1. The number of hydrogen-bond donors (Lipinski definition) is 3. The summed E-state index contributed by atoms with van der Waals surface area (Å²) in [5.74, 6) is 1.88. The van der Waals surface area contributed by atoms with Gasteiger partial charge in [0.05, 0.1) is 0 Å². The van der Waals surface area contributed by atoms with Gasteiger partial charge in [-0.25, -0.2) is 0 Å². The molecule has 0 saturated heterocycles. The van der Waals surface area contributed by atoms with Gasteiger partial charge in [-0.3, -0.25) is 0 Å². The van der Waals surface area contributed by atoms with Crippen molar-refractivity contribution in [2.45, 2.75) is 34.6 Å². The zero-order valence-corrected chi connectivity index (χ0v) is 20.0. The Balaban J connectivity index is 1.88. The summed E-state index contributed by atoms with van der Waals surface area (Å²) < 4.78 is 6.13. The Hall–Kier alpha value is -4.12. The van der Waals surface area contributed by atoms with Crippen LogP contribution in [-0.2, 0) is 0 Å². The van der Waals surface area contributed by atoms with E-state index in [1.165, 1.54) is 0 Å². The molecule has 0 aliphatic rings. The van der Waals surface area contributed by atoms with Gasteiger partial charge in [0.2, 0.25) is 0 Å². The van der Waals surface area contributed by atoms with Crippen molar-refractivity contribution >= 4 is 17.1 Å². The van der Waals surface area contributed by atoms with E-state index in [1.807, 2.05) is 77.1 Å². The minimum absolute atomic E-state index is 0.181. The second-order valence-corrected chi connectivity index (χ2v) is 8.54. The molecular weight excluding hydrogens is 426 g/mol. The highest BCUT2D eigenvalue weighted by Gasteiger charge is 2.20. The summed E-state index contributed by atoms with van der Waals surface area (Å²) in [4.78, 5) is 2.10. The second-order valence-electron chi connectivity index (χ2n) is 8.54. The van der Waals surface area contributed by atoms with E-state index < -0.39 is 0 Å². The van der Waals surface area contributed by atoms with Gasteiger partial charge in [0.1, 0.15) is 28.7 Å². The zero-order valence-electron chi connectivity index (χ0n) is 20.0. The van der Waals surface area contributed by atoms with E-state index in [4.69, 9.17) is 4.74 Å². The predicted octanol–water partition coefficient (Wildman–Crippen LogP) is 7.61. The van der Waals surface area contributed by atoms with E-state index >= 15 is 0 Å². The fourth-order valence-corrected chi connectivity index (χ4v) is 4.00. The van der Waals surface area contributed by atoms with Gasteiger partial charge >= 0.3 is 0 Å². The van der Waals surface area contributed by atoms with Crippen LogP contribution in [0.5, 0.6) is 28.7 Å². The third kappa shape index (κ3) is 4.13. The van der Waals surface area contributed by atoms with Crippen molar-refractivity contribution in [3.63, 3.8) is 0 Å². The number of phenolic OH excluding ortho intramolecular Hbond substituents is 3. The van der Waals surface area contributed by atoms with Crippen molar-refractivity contribution in [2.24, 2.45) is 0 Å². The molecule has 0 unspecified atom stereocenters. The number of rotatable bonds is 5. The zero-order chi connectivity index (χ0) is 24.6. The van der Waals surface area contributed by atoms with Crippen molar-refractivity contribution in [3.05, 3.63) is 94.5 Å². The van der Waals surface area contributed by atoms with Crippen molar-refractivity contribution in [1.82, 2.24) is 0 Å². The van der Waals surface area contributed by atoms with Crippen LogP contribution in [0.15, 0.2) is 66.7 Å². The Bertz CT molecular complexity index is 1320. The normalized spacial score (nSPS) is 10.9. The molecule has 0 amide bonds. The van der Waals surface area contributed by atoms with Gasteiger partial charge in [0.15, 0.2) is 0 Å². The molecule has 4 aromatic carbocycles. The highest BCUT2D eigenvalue weighted by atomic mass is 16.5. The predicted molar refractivity (Wildman–Crippen MR) is 136 cm³/mol. The highest BCUT2D eigenvalue weighted by molar-refractivity contribution is 5.82. The Kier molecular flexibility index (Phi) is 6.12. The van der Waals surface area contributed by atoms with Crippen LogP contribution >= 0.6 is 0 Å². The minimum Gasteiger partial charge on any atom is -0.508 e. The van der Waals surface area contributed by atoms with E-state index in [0.717, 1.165) is 39.3 Å².